The number of nitrogens with zero attached hydrogens (tertiary/aromatic N) is 5. The minimum Gasteiger partial charge on any atom is -0.480 e. The Morgan fingerprint density at radius 2 is 2.14 bits per heavy atom. The molecule has 0 saturated carbocycles. The lowest BCUT2D eigenvalue weighted by atomic mass is 10.1. The van der Waals surface area contributed by atoms with E-state index in [9.17, 15) is 9.90 Å². The molecular weight excluding hydrogens is 444 g/mol. The zero-order chi connectivity index (χ0) is 24.6. The number of piperazine rings is 1. The predicted molar refractivity (Wildman–Crippen MR) is 137 cm³/mol. The van der Waals surface area contributed by atoms with Gasteiger partial charge in [0.05, 0.1) is 5.69 Å². The van der Waals surface area contributed by atoms with E-state index >= 15 is 0 Å². The first-order valence-corrected chi connectivity index (χ1v) is 11.7. The number of carboxylic acids is 1. The van der Waals surface area contributed by atoms with Crippen LogP contribution in [0.1, 0.15) is 5.56 Å². The Morgan fingerprint density at radius 3 is 2.91 bits per heavy atom. The first kappa shape index (κ1) is 24.5. The number of nitrogens with one attached hydrogen (secondary N) is 3. The molecule has 184 valence electrons. The summed E-state index contributed by atoms with van der Waals surface area (Å²) >= 11 is 0. The molecule has 3 heterocycles. The summed E-state index contributed by atoms with van der Waals surface area (Å²) in [5, 5.41) is 18.7. The maximum atomic E-state index is 11.3. The van der Waals surface area contributed by atoms with E-state index in [1.54, 1.807) is 6.20 Å². The lowest BCUT2D eigenvalue weighted by Gasteiger charge is -2.31. The fourth-order valence-electron chi connectivity index (χ4n) is 3.99. The minimum atomic E-state index is -0.812. The molecule has 10 heteroatoms. The average Bonchev–Trinajstić information content (AvgIpc) is 2.88. The first-order valence-electron chi connectivity index (χ1n) is 11.7. The normalized spacial score (nSPS) is 16.1. The van der Waals surface area contributed by atoms with Gasteiger partial charge < -0.3 is 26.0 Å². The Balaban J connectivity index is 1.41. The Morgan fingerprint density at radius 1 is 1.26 bits per heavy atom. The number of carbonyl (C=O) groups is 1. The highest BCUT2D eigenvalue weighted by Gasteiger charge is 2.24. The summed E-state index contributed by atoms with van der Waals surface area (Å²) in [7, 11) is 3.96. The largest absolute Gasteiger partial charge is 0.480 e. The van der Waals surface area contributed by atoms with Crippen LogP contribution in [-0.2, 0) is 11.3 Å². The van der Waals surface area contributed by atoms with Gasteiger partial charge in [-0.2, -0.15) is 0 Å². The number of anilines is 3. The van der Waals surface area contributed by atoms with Crippen LogP contribution >= 0.6 is 0 Å². The zero-order valence-corrected chi connectivity index (χ0v) is 20.1. The van der Waals surface area contributed by atoms with E-state index in [0.717, 1.165) is 48.0 Å². The smallest absolute Gasteiger partial charge is 0.322 e. The Hall–Kier alpha value is -3.60. The molecule has 35 heavy (non-hydrogen) atoms. The molecule has 1 fully saturated rings. The van der Waals surface area contributed by atoms with Crippen molar-refractivity contribution in [3.63, 3.8) is 0 Å². The van der Waals surface area contributed by atoms with Crippen LogP contribution in [0.4, 0.5) is 17.5 Å². The standard InChI is InChI=1S/C25H32N8O2/c1-26-10-12-32(2)23-7-6-19(15-29-23)21-8-9-28-25(31-21)30-20-5-3-4-18(14-20)16-33-13-11-27-22(17-33)24(34)35/h3-9,14-15,22,26-27H,10-13,16-17H2,1-2H3,(H,34,35)(H,28,30,31). The second-order valence-electron chi connectivity index (χ2n) is 8.60. The van der Waals surface area contributed by atoms with Crippen molar-refractivity contribution in [3.8, 4) is 11.3 Å². The average molecular weight is 477 g/mol. The van der Waals surface area contributed by atoms with E-state index < -0.39 is 12.0 Å². The van der Waals surface area contributed by atoms with Gasteiger partial charge in [0, 0.05) is 70.0 Å². The van der Waals surface area contributed by atoms with Gasteiger partial charge in [-0.15, -0.1) is 0 Å². The molecule has 1 atom stereocenters. The molecule has 0 spiro atoms. The maximum Gasteiger partial charge on any atom is 0.322 e. The Labute approximate surface area is 205 Å². The zero-order valence-electron chi connectivity index (χ0n) is 20.1. The first-order chi connectivity index (χ1) is 17.0. The van der Waals surface area contributed by atoms with E-state index in [4.69, 9.17) is 0 Å². The second-order valence-corrected chi connectivity index (χ2v) is 8.60. The molecule has 4 rings (SSSR count). The molecule has 4 N–H and O–H groups in total. The number of hydrogen-bond acceptors (Lipinski definition) is 9. The molecular formula is C25H32N8O2. The molecule has 1 aliphatic rings. The van der Waals surface area contributed by atoms with Crippen LogP contribution in [-0.4, -0.2) is 83.8 Å². The molecule has 0 bridgehead atoms. The van der Waals surface area contributed by atoms with Crippen LogP contribution < -0.4 is 20.9 Å². The van der Waals surface area contributed by atoms with Gasteiger partial charge in [-0.3, -0.25) is 9.69 Å². The number of benzene rings is 1. The van der Waals surface area contributed by atoms with E-state index in [-0.39, 0.29) is 0 Å². The summed E-state index contributed by atoms with van der Waals surface area (Å²) in [4.78, 5) is 29.2. The summed E-state index contributed by atoms with van der Waals surface area (Å²) in [5.74, 6) is 0.600. The van der Waals surface area contributed by atoms with Gasteiger partial charge in [0.1, 0.15) is 11.9 Å². The number of rotatable bonds is 10. The Kier molecular flexibility index (Phi) is 8.19. The summed E-state index contributed by atoms with van der Waals surface area (Å²) in [6, 6.07) is 13.4. The number of aromatic nitrogens is 3. The topological polar surface area (TPSA) is 119 Å². The molecule has 0 amide bonds. The van der Waals surface area contributed by atoms with Gasteiger partial charge >= 0.3 is 5.97 Å². The van der Waals surface area contributed by atoms with Crippen molar-refractivity contribution in [3.05, 3.63) is 60.4 Å². The number of likely N-dealkylation sites (N-methyl/N-ethyl adjacent to an activating group) is 2. The fraction of sp³-hybridized carbons (Fsp3) is 0.360. The predicted octanol–water partition coefficient (Wildman–Crippen LogP) is 1.80. The summed E-state index contributed by atoms with van der Waals surface area (Å²) < 4.78 is 0. The molecule has 0 radical (unpaired) electrons. The van der Waals surface area contributed by atoms with Crippen molar-refractivity contribution in [2.75, 3.05) is 57.0 Å². The third-order valence-corrected chi connectivity index (χ3v) is 5.93. The summed E-state index contributed by atoms with van der Waals surface area (Å²) in [6.45, 7) is 4.40. The van der Waals surface area contributed by atoms with Crippen molar-refractivity contribution < 1.29 is 9.90 Å². The Bertz CT molecular complexity index is 1120. The third-order valence-electron chi connectivity index (χ3n) is 5.93. The molecule has 1 aromatic carbocycles. The van der Waals surface area contributed by atoms with Gasteiger partial charge in [0.15, 0.2) is 0 Å². The van der Waals surface area contributed by atoms with Crippen LogP contribution in [0.15, 0.2) is 54.9 Å². The second kappa shape index (κ2) is 11.7. The van der Waals surface area contributed by atoms with Gasteiger partial charge in [0.25, 0.3) is 0 Å². The molecule has 1 saturated heterocycles. The van der Waals surface area contributed by atoms with Crippen LogP contribution in [0.2, 0.25) is 0 Å². The quantitative estimate of drug-likeness (QED) is 0.345. The van der Waals surface area contributed by atoms with Gasteiger partial charge in [0.2, 0.25) is 5.95 Å². The SMILES string of the molecule is CNCCN(C)c1ccc(-c2ccnc(Nc3cccc(CN4CCNC(C(=O)O)C4)c3)n2)cn1. The van der Waals surface area contributed by atoms with Crippen molar-refractivity contribution in [1.82, 2.24) is 30.5 Å². The number of hydrogen-bond donors (Lipinski definition) is 4. The molecule has 3 aromatic rings. The third kappa shape index (κ3) is 6.72. The van der Waals surface area contributed by atoms with Crippen LogP contribution in [0.5, 0.6) is 0 Å². The van der Waals surface area contributed by atoms with E-state index in [0.29, 0.717) is 25.6 Å². The highest BCUT2D eigenvalue weighted by Crippen LogP contribution is 2.22. The van der Waals surface area contributed by atoms with Crippen molar-refractivity contribution >= 4 is 23.4 Å². The number of aliphatic carboxylic acids is 1. The van der Waals surface area contributed by atoms with Crippen LogP contribution in [0.25, 0.3) is 11.3 Å². The lowest BCUT2D eigenvalue weighted by Crippen LogP contribution is -2.53. The lowest BCUT2D eigenvalue weighted by molar-refractivity contribution is -0.140. The maximum absolute atomic E-state index is 11.3. The monoisotopic (exact) mass is 476 g/mol. The molecule has 1 aliphatic heterocycles. The molecule has 0 aliphatic carbocycles. The number of pyridine rings is 1. The summed E-state index contributed by atoms with van der Waals surface area (Å²) in [5.41, 5.74) is 3.68. The van der Waals surface area contributed by atoms with Crippen LogP contribution in [0.3, 0.4) is 0 Å². The van der Waals surface area contributed by atoms with Gasteiger partial charge in [-0.25, -0.2) is 15.0 Å². The molecule has 10 nitrogen and oxygen atoms in total. The highest BCUT2D eigenvalue weighted by molar-refractivity contribution is 5.73. The number of carboxylic acid groups (broad SMARTS) is 1. The van der Waals surface area contributed by atoms with Crippen molar-refractivity contribution in [2.45, 2.75) is 12.6 Å². The minimum absolute atomic E-state index is 0.482. The molecule has 1 unspecified atom stereocenters. The van der Waals surface area contributed by atoms with E-state index in [1.807, 2.05) is 62.8 Å². The van der Waals surface area contributed by atoms with Gasteiger partial charge in [-0.1, -0.05) is 12.1 Å². The molecule has 2 aromatic heterocycles. The van der Waals surface area contributed by atoms with Gasteiger partial charge in [-0.05, 0) is 42.9 Å². The van der Waals surface area contributed by atoms with Crippen molar-refractivity contribution in [2.24, 2.45) is 0 Å². The van der Waals surface area contributed by atoms with E-state index in [1.165, 1.54) is 0 Å². The van der Waals surface area contributed by atoms with E-state index in [2.05, 4.69) is 40.7 Å². The van der Waals surface area contributed by atoms with Crippen LogP contribution in [0, 0.1) is 0 Å². The fourth-order valence-corrected chi connectivity index (χ4v) is 3.99. The van der Waals surface area contributed by atoms with Crippen molar-refractivity contribution in [1.29, 1.82) is 0 Å². The highest BCUT2D eigenvalue weighted by atomic mass is 16.4. The summed E-state index contributed by atoms with van der Waals surface area (Å²) in [6.07, 6.45) is 3.56.